The van der Waals surface area contributed by atoms with Gasteiger partial charge in [-0.05, 0) is 64.2 Å². The first-order valence-corrected chi connectivity index (χ1v) is 28.2. The van der Waals surface area contributed by atoms with Crippen molar-refractivity contribution in [3.63, 3.8) is 0 Å². The van der Waals surface area contributed by atoms with E-state index in [4.69, 9.17) is 14.2 Å². The number of hydrogen-bond donors (Lipinski definition) is 0. The van der Waals surface area contributed by atoms with Crippen LogP contribution in [0, 0.1) is 0 Å². The summed E-state index contributed by atoms with van der Waals surface area (Å²) >= 11 is 0. The minimum absolute atomic E-state index is 0.0765. The number of carbonyl (C=O) groups is 3. The lowest BCUT2D eigenvalue weighted by atomic mass is 10.0. The summed E-state index contributed by atoms with van der Waals surface area (Å²) in [5, 5.41) is 0. The number of ether oxygens (including phenoxy) is 3. The normalized spacial score (nSPS) is 12.4. The molecule has 0 fully saturated rings. The van der Waals surface area contributed by atoms with Gasteiger partial charge in [0.25, 0.3) is 0 Å². The van der Waals surface area contributed by atoms with Gasteiger partial charge in [0.05, 0.1) is 0 Å². The Labute approximate surface area is 403 Å². The summed E-state index contributed by atoms with van der Waals surface area (Å²) in [6.45, 7) is 6.53. The average Bonchev–Trinajstić information content (AvgIpc) is 3.30. The largest absolute Gasteiger partial charge is 0.462 e. The van der Waals surface area contributed by atoms with Gasteiger partial charge in [-0.2, -0.15) is 0 Å². The quantitative estimate of drug-likeness (QED) is 0.0199. The van der Waals surface area contributed by atoms with Crippen molar-refractivity contribution in [3.05, 3.63) is 48.6 Å². The van der Waals surface area contributed by atoms with Crippen LogP contribution in [-0.4, -0.2) is 37.2 Å². The second-order valence-corrected chi connectivity index (χ2v) is 18.9. The Hall–Kier alpha value is -2.63. The van der Waals surface area contributed by atoms with Gasteiger partial charge in [0.1, 0.15) is 13.2 Å². The van der Waals surface area contributed by atoms with Crippen LogP contribution in [0.5, 0.6) is 0 Å². The molecule has 6 nitrogen and oxygen atoms in total. The molecule has 1 unspecified atom stereocenters. The molecule has 0 aromatic heterocycles. The van der Waals surface area contributed by atoms with Gasteiger partial charge in [0.15, 0.2) is 6.10 Å². The third-order valence-electron chi connectivity index (χ3n) is 12.4. The van der Waals surface area contributed by atoms with Gasteiger partial charge >= 0.3 is 17.9 Å². The number of carbonyl (C=O) groups excluding carboxylic acids is 3. The first kappa shape index (κ1) is 62.4. The van der Waals surface area contributed by atoms with Gasteiger partial charge in [-0.25, -0.2) is 0 Å². The molecule has 0 radical (unpaired) electrons. The second kappa shape index (κ2) is 54.0. The summed E-state index contributed by atoms with van der Waals surface area (Å²) in [6, 6.07) is 0. The molecule has 0 spiro atoms. The van der Waals surface area contributed by atoms with Gasteiger partial charge in [0, 0.05) is 19.3 Å². The predicted octanol–water partition coefficient (Wildman–Crippen LogP) is 18.7. The second-order valence-electron chi connectivity index (χ2n) is 18.9. The van der Waals surface area contributed by atoms with Gasteiger partial charge in [-0.15, -0.1) is 0 Å². The molecule has 1 atom stereocenters. The third kappa shape index (κ3) is 52.2. The van der Waals surface area contributed by atoms with Crippen LogP contribution in [0.2, 0.25) is 0 Å². The lowest BCUT2D eigenvalue weighted by molar-refractivity contribution is -0.167. The van der Waals surface area contributed by atoms with Gasteiger partial charge in [-0.1, -0.05) is 256 Å². The van der Waals surface area contributed by atoms with E-state index in [1.165, 1.54) is 180 Å². The van der Waals surface area contributed by atoms with E-state index < -0.39 is 6.10 Å². The van der Waals surface area contributed by atoms with Gasteiger partial charge in [0.2, 0.25) is 0 Å². The molecule has 0 aliphatic heterocycles. The summed E-state index contributed by atoms with van der Waals surface area (Å²) < 4.78 is 16.9. The van der Waals surface area contributed by atoms with Crippen molar-refractivity contribution in [2.75, 3.05) is 13.2 Å². The van der Waals surface area contributed by atoms with Gasteiger partial charge in [-0.3, -0.25) is 14.4 Å². The zero-order valence-electron chi connectivity index (χ0n) is 43.3. The highest BCUT2D eigenvalue weighted by molar-refractivity contribution is 5.71. The lowest BCUT2D eigenvalue weighted by Gasteiger charge is -2.18. The highest BCUT2D eigenvalue weighted by Gasteiger charge is 2.19. The Balaban J connectivity index is 4.36. The maximum atomic E-state index is 12.8. The minimum Gasteiger partial charge on any atom is -0.462 e. The number of allylic oxidation sites excluding steroid dienone is 8. The van der Waals surface area contributed by atoms with E-state index in [-0.39, 0.29) is 31.1 Å². The minimum atomic E-state index is -0.779. The molecule has 6 heteroatoms. The Morgan fingerprint density at radius 2 is 0.615 bits per heavy atom. The summed E-state index contributed by atoms with van der Waals surface area (Å²) in [6.07, 6.45) is 65.2. The number of unbranched alkanes of at least 4 members (excludes halogenated alkanes) is 34. The van der Waals surface area contributed by atoms with E-state index >= 15 is 0 Å². The zero-order valence-corrected chi connectivity index (χ0v) is 43.3. The van der Waals surface area contributed by atoms with Crippen molar-refractivity contribution < 1.29 is 28.6 Å². The molecule has 0 aromatic carbocycles. The van der Waals surface area contributed by atoms with Crippen LogP contribution in [0.3, 0.4) is 0 Å². The molecule has 0 bridgehead atoms. The molecule has 0 saturated heterocycles. The third-order valence-corrected chi connectivity index (χ3v) is 12.4. The SMILES string of the molecule is CC\C=C/C=C\C=C/CCCCCCCCCC(=O)OC(COC(=O)CCCCCCCCC/C=C\CCCCCCCC)COC(=O)CCCCCCCCCCCCCCCCC. The van der Waals surface area contributed by atoms with Crippen molar-refractivity contribution in [2.24, 2.45) is 0 Å². The molecule has 0 rings (SSSR count). The highest BCUT2D eigenvalue weighted by atomic mass is 16.6. The molecule has 378 valence electrons. The Kier molecular flexibility index (Phi) is 51.8. The summed E-state index contributed by atoms with van der Waals surface area (Å²) in [4.78, 5) is 38.1. The maximum absolute atomic E-state index is 12.8. The Bertz CT molecular complexity index is 1140. The fourth-order valence-corrected chi connectivity index (χ4v) is 8.14. The van der Waals surface area contributed by atoms with E-state index in [2.05, 4.69) is 69.4 Å². The number of esters is 3. The molecule has 0 heterocycles. The standard InChI is InChI=1S/C59H106O6/c1-4-7-10-13-16-19-22-25-28-29-32-34-37-40-43-46-49-52-58(61)64-55-56(65-59(62)53-50-47-44-41-38-35-31-27-24-21-18-15-12-9-6-3)54-63-57(60)51-48-45-42-39-36-33-30-26-23-20-17-14-11-8-5-2/h9,12,15,18,21,24-25,28,56H,4-8,10-11,13-14,16-17,19-20,22-23,26-27,29-55H2,1-3H3/b12-9-,18-15-,24-21-,28-25-. The van der Waals surface area contributed by atoms with Crippen molar-refractivity contribution in [1.29, 1.82) is 0 Å². The first-order valence-electron chi connectivity index (χ1n) is 28.2. The zero-order chi connectivity index (χ0) is 47.2. The highest BCUT2D eigenvalue weighted by Crippen LogP contribution is 2.16. The first-order chi connectivity index (χ1) is 32.0. The number of rotatable bonds is 51. The molecule has 0 N–H and O–H groups in total. The van der Waals surface area contributed by atoms with Crippen LogP contribution in [0.1, 0.15) is 290 Å². The van der Waals surface area contributed by atoms with Crippen LogP contribution in [0.4, 0.5) is 0 Å². The molecular formula is C59H106O6. The summed E-state index contributed by atoms with van der Waals surface area (Å²) in [7, 11) is 0. The molecule has 0 aliphatic rings. The summed E-state index contributed by atoms with van der Waals surface area (Å²) in [5.41, 5.74) is 0. The van der Waals surface area contributed by atoms with Crippen molar-refractivity contribution in [2.45, 2.75) is 297 Å². The van der Waals surface area contributed by atoms with E-state index in [1.54, 1.807) is 0 Å². The smallest absolute Gasteiger partial charge is 0.306 e. The van der Waals surface area contributed by atoms with Crippen molar-refractivity contribution in [1.82, 2.24) is 0 Å². The van der Waals surface area contributed by atoms with Crippen molar-refractivity contribution in [3.8, 4) is 0 Å². The fourth-order valence-electron chi connectivity index (χ4n) is 8.14. The average molecular weight is 911 g/mol. The molecule has 0 saturated carbocycles. The van der Waals surface area contributed by atoms with E-state index in [0.29, 0.717) is 19.3 Å². The molecule has 0 amide bonds. The Morgan fingerprint density at radius 1 is 0.323 bits per heavy atom. The van der Waals surface area contributed by atoms with E-state index in [0.717, 1.165) is 70.6 Å². The maximum Gasteiger partial charge on any atom is 0.306 e. The Morgan fingerprint density at radius 3 is 0.969 bits per heavy atom. The van der Waals surface area contributed by atoms with Crippen molar-refractivity contribution >= 4 is 17.9 Å². The van der Waals surface area contributed by atoms with Crippen LogP contribution in [0.25, 0.3) is 0 Å². The number of hydrogen-bond acceptors (Lipinski definition) is 6. The van der Waals surface area contributed by atoms with Crippen LogP contribution in [-0.2, 0) is 28.6 Å². The van der Waals surface area contributed by atoms with Crippen LogP contribution >= 0.6 is 0 Å². The fraction of sp³-hybridized carbons (Fsp3) is 0.814. The summed E-state index contributed by atoms with van der Waals surface area (Å²) in [5.74, 6) is -0.880. The molecular weight excluding hydrogens is 805 g/mol. The van der Waals surface area contributed by atoms with Gasteiger partial charge < -0.3 is 14.2 Å². The molecule has 65 heavy (non-hydrogen) atoms. The van der Waals surface area contributed by atoms with Crippen LogP contribution < -0.4 is 0 Å². The molecule has 0 aliphatic carbocycles. The van der Waals surface area contributed by atoms with E-state index in [9.17, 15) is 14.4 Å². The van der Waals surface area contributed by atoms with Crippen LogP contribution in [0.15, 0.2) is 48.6 Å². The lowest BCUT2D eigenvalue weighted by Crippen LogP contribution is -2.30. The molecule has 0 aromatic rings. The monoisotopic (exact) mass is 911 g/mol. The predicted molar refractivity (Wildman–Crippen MR) is 279 cm³/mol. The van der Waals surface area contributed by atoms with E-state index in [1.807, 2.05) is 0 Å². The topological polar surface area (TPSA) is 78.9 Å².